The first-order valence-corrected chi connectivity index (χ1v) is 24.6. The van der Waals surface area contributed by atoms with Crippen molar-refractivity contribution < 1.29 is 27.6 Å². The Morgan fingerprint density at radius 2 is 1.73 bits per heavy atom. The Balaban J connectivity index is 0.999. The number of aromatic nitrogens is 2. The molecule has 3 aliphatic heterocycles. The first kappa shape index (κ1) is 45.5. The number of nitro groups is 1. The number of carbonyl (C=O) groups is 1. The number of halogens is 1. The molecule has 17 heteroatoms. The molecule has 2 saturated heterocycles. The Morgan fingerprint density at radius 3 is 2.47 bits per heavy atom. The smallest absolute Gasteiger partial charge is 0.293 e. The fourth-order valence-electron chi connectivity index (χ4n) is 9.65. The van der Waals surface area contributed by atoms with Crippen molar-refractivity contribution in [3.8, 4) is 5.88 Å². The number of rotatable bonds is 12. The molecule has 5 heterocycles. The normalized spacial score (nSPS) is 19.0. The number of benzene rings is 3. The number of sulfonamides is 1. The first-order chi connectivity index (χ1) is 31.5. The van der Waals surface area contributed by atoms with Crippen LogP contribution in [0.2, 0.25) is 5.02 Å². The van der Waals surface area contributed by atoms with Crippen molar-refractivity contribution in [2.45, 2.75) is 70.3 Å². The van der Waals surface area contributed by atoms with Gasteiger partial charge in [0.05, 0.1) is 27.6 Å². The average molecular weight is 938 g/mol. The summed E-state index contributed by atoms with van der Waals surface area (Å²) in [5.74, 6) is -0.241. The number of ether oxygens (including phenoxy) is 2. The number of nitrogens with zero attached hydrogens (tertiary/aromatic N) is 5. The third kappa shape index (κ3) is 9.87. The molecule has 66 heavy (non-hydrogen) atoms. The van der Waals surface area contributed by atoms with Gasteiger partial charge < -0.3 is 29.6 Å². The fourth-order valence-corrected chi connectivity index (χ4v) is 10.8. The molecule has 5 aromatic rings. The zero-order valence-electron chi connectivity index (χ0n) is 37.9. The highest BCUT2D eigenvalue weighted by molar-refractivity contribution is 7.90. The second kappa shape index (κ2) is 18.2. The number of pyridine rings is 1. The van der Waals surface area contributed by atoms with Crippen molar-refractivity contribution in [2.24, 2.45) is 11.3 Å². The van der Waals surface area contributed by atoms with E-state index in [2.05, 4.69) is 50.8 Å². The number of nitro benzene ring substituents is 1. The van der Waals surface area contributed by atoms with Gasteiger partial charge in [-0.2, -0.15) is 4.98 Å². The Labute approximate surface area is 390 Å². The van der Waals surface area contributed by atoms with Crippen LogP contribution in [0, 0.1) is 21.4 Å². The number of hydrogen-bond donors (Lipinski definition) is 3. The number of nitrogens with one attached hydrogen (secondary N) is 3. The van der Waals surface area contributed by atoms with Gasteiger partial charge in [0.15, 0.2) is 0 Å². The summed E-state index contributed by atoms with van der Waals surface area (Å²) in [6.07, 6.45) is 6.64. The lowest BCUT2D eigenvalue weighted by Gasteiger charge is -2.41. The van der Waals surface area contributed by atoms with Crippen LogP contribution in [0.1, 0.15) is 75.7 Å². The number of fused-ring (bicyclic) bond motifs is 2. The van der Waals surface area contributed by atoms with Gasteiger partial charge in [-0.15, -0.1) is 0 Å². The molecular weight excluding hydrogens is 880 g/mol. The number of aromatic amines is 1. The summed E-state index contributed by atoms with van der Waals surface area (Å²) < 4.78 is 42.0. The van der Waals surface area contributed by atoms with Crippen LogP contribution < -0.4 is 24.6 Å². The summed E-state index contributed by atoms with van der Waals surface area (Å²) in [5.41, 5.74) is 6.11. The minimum absolute atomic E-state index is 0.102. The molecule has 3 aromatic carbocycles. The van der Waals surface area contributed by atoms with Crippen LogP contribution >= 0.6 is 11.6 Å². The van der Waals surface area contributed by atoms with E-state index in [1.165, 1.54) is 28.8 Å². The summed E-state index contributed by atoms with van der Waals surface area (Å²) >= 11 is 6.28. The highest BCUT2D eigenvalue weighted by atomic mass is 35.5. The van der Waals surface area contributed by atoms with E-state index >= 15 is 0 Å². The minimum atomic E-state index is -4.58. The molecule has 0 radical (unpaired) electrons. The Morgan fingerprint density at radius 1 is 0.970 bits per heavy atom. The maximum atomic E-state index is 14.5. The van der Waals surface area contributed by atoms with E-state index < -0.39 is 37.0 Å². The van der Waals surface area contributed by atoms with Gasteiger partial charge in [-0.3, -0.25) is 19.8 Å². The van der Waals surface area contributed by atoms with Gasteiger partial charge in [-0.25, -0.2) is 13.1 Å². The van der Waals surface area contributed by atoms with Crippen molar-refractivity contribution in [3.63, 3.8) is 0 Å². The molecular formula is C49H57ClN8O7S. The second-order valence-electron chi connectivity index (χ2n) is 19.4. The van der Waals surface area contributed by atoms with Gasteiger partial charge in [0.25, 0.3) is 21.6 Å². The van der Waals surface area contributed by atoms with E-state index in [0.717, 1.165) is 87.0 Å². The van der Waals surface area contributed by atoms with Crippen LogP contribution in [0.15, 0.2) is 89.5 Å². The molecule has 0 bridgehead atoms. The zero-order valence-corrected chi connectivity index (χ0v) is 39.4. The summed E-state index contributed by atoms with van der Waals surface area (Å²) in [6.45, 7) is 14.6. The molecule has 1 amide bonds. The molecule has 2 aromatic heterocycles. The van der Waals surface area contributed by atoms with Crippen LogP contribution in [-0.4, -0.2) is 98.7 Å². The molecule has 9 rings (SSSR count). The number of carbonyl (C=O) groups excluding carboxylic acids is 1. The fraction of sp³-hybridized carbons (Fsp3) is 0.429. The van der Waals surface area contributed by atoms with E-state index in [1.54, 1.807) is 12.3 Å². The molecule has 0 saturated carbocycles. The molecule has 15 nitrogen and oxygen atoms in total. The van der Waals surface area contributed by atoms with E-state index in [0.29, 0.717) is 49.2 Å². The predicted molar refractivity (Wildman–Crippen MR) is 259 cm³/mol. The average Bonchev–Trinajstić information content (AvgIpc) is 3.75. The van der Waals surface area contributed by atoms with E-state index in [-0.39, 0.29) is 22.6 Å². The topological polar surface area (TPSA) is 175 Å². The number of hydrogen-bond acceptors (Lipinski definition) is 12. The molecule has 1 aliphatic carbocycles. The Bertz CT molecular complexity index is 2800. The van der Waals surface area contributed by atoms with E-state index in [1.807, 2.05) is 55.1 Å². The lowest BCUT2D eigenvalue weighted by Crippen LogP contribution is -2.47. The number of anilines is 4. The van der Waals surface area contributed by atoms with Gasteiger partial charge in [0.1, 0.15) is 22.6 Å². The van der Waals surface area contributed by atoms with Crippen molar-refractivity contribution in [1.82, 2.24) is 19.6 Å². The minimum Gasteiger partial charge on any atom is -0.468 e. The lowest BCUT2D eigenvalue weighted by molar-refractivity contribution is -0.384. The van der Waals surface area contributed by atoms with Crippen molar-refractivity contribution in [1.29, 1.82) is 0 Å². The maximum absolute atomic E-state index is 14.5. The van der Waals surface area contributed by atoms with Crippen LogP contribution in [0.3, 0.4) is 0 Å². The van der Waals surface area contributed by atoms with E-state index in [4.69, 9.17) is 26.1 Å². The van der Waals surface area contributed by atoms with Gasteiger partial charge >= 0.3 is 0 Å². The van der Waals surface area contributed by atoms with Crippen LogP contribution in [0.25, 0.3) is 16.6 Å². The number of allylic oxidation sites excluding steroid dienone is 1. The molecule has 3 N–H and O–H groups in total. The highest BCUT2D eigenvalue weighted by Crippen LogP contribution is 2.45. The summed E-state index contributed by atoms with van der Waals surface area (Å²) in [4.78, 5) is 40.4. The molecule has 2 fully saturated rings. The van der Waals surface area contributed by atoms with Crippen molar-refractivity contribution in [3.05, 3.63) is 111 Å². The molecule has 0 unspecified atom stereocenters. The monoisotopic (exact) mass is 936 g/mol. The Kier molecular flexibility index (Phi) is 12.5. The van der Waals surface area contributed by atoms with E-state index in [9.17, 15) is 23.3 Å². The van der Waals surface area contributed by atoms with Crippen LogP contribution in [0.4, 0.5) is 28.4 Å². The maximum Gasteiger partial charge on any atom is 0.293 e. The SMILES string of the molecule is CC1(C)CCC(CN2CCN(c3ccc(C(=O)NS(=O)(=O)c4ccc(NCC5CCOCC5)c([N+](=O)[O-])c4)c(N4CC(C)(C)Oc5nc6[nH]ccc6cc54)c3)CC2)=C(c2ccc(Cl)cc2)C1. The molecule has 0 atom stereocenters. The van der Waals surface area contributed by atoms with Gasteiger partial charge in [-0.05, 0) is 123 Å². The summed E-state index contributed by atoms with van der Waals surface area (Å²) in [5, 5.41) is 16.9. The van der Waals surface area contributed by atoms with Crippen molar-refractivity contribution >= 4 is 72.6 Å². The number of piperazine rings is 1. The molecule has 0 spiro atoms. The quantitative estimate of drug-likeness (QED) is 0.0801. The Hall–Kier alpha value is -5.68. The summed E-state index contributed by atoms with van der Waals surface area (Å²) in [7, 11) is -4.58. The van der Waals surface area contributed by atoms with Gasteiger partial charge in [-0.1, -0.05) is 43.2 Å². The predicted octanol–water partition coefficient (Wildman–Crippen LogP) is 9.18. The highest BCUT2D eigenvalue weighted by Gasteiger charge is 2.37. The third-order valence-corrected chi connectivity index (χ3v) is 14.9. The molecule has 4 aliphatic rings. The third-order valence-electron chi connectivity index (χ3n) is 13.4. The lowest BCUT2D eigenvalue weighted by atomic mass is 9.72. The largest absolute Gasteiger partial charge is 0.468 e. The number of H-pyrrole nitrogens is 1. The van der Waals surface area contributed by atoms with Gasteiger partial charge in [0, 0.05) is 80.8 Å². The van der Waals surface area contributed by atoms with Gasteiger partial charge in [0.2, 0.25) is 5.88 Å². The summed E-state index contributed by atoms with van der Waals surface area (Å²) in [6, 6.07) is 21.2. The standard InChI is InChI=1S/C49H57ClN8O7S/c1-48(2)17-13-35(40(28-48)33-5-7-36(50)8-6-33)30-55-19-21-56(22-20-55)37-9-11-39(42(26-37)57-31-49(3,4)65-47-44(57)25-34-14-18-51-45(34)53-47)46(59)54-66(62,63)38-10-12-41(43(27-38)58(60)61)52-29-32-15-23-64-24-16-32/h5-12,14,18,25-27,32,52H,13,15-17,19-24,28-31H2,1-4H3,(H,51,53)(H,54,59). The molecule has 348 valence electrons. The van der Waals surface area contributed by atoms with Crippen LogP contribution in [0.5, 0.6) is 5.88 Å². The number of amides is 1. The van der Waals surface area contributed by atoms with Crippen LogP contribution in [-0.2, 0) is 14.8 Å². The second-order valence-corrected chi connectivity index (χ2v) is 21.5. The zero-order chi connectivity index (χ0) is 46.4. The van der Waals surface area contributed by atoms with Crippen molar-refractivity contribution in [2.75, 3.05) is 74.1 Å². The first-order valence-electron chi connectivity index (χ1n) is 22.7.